The molecule has 3 aromatic rings. The second-order valence-electron chi connectivity index (χ2n) is 5.46. The highest BCUT2D eigenvalue weighted by Crippen LogP contribution is 2.21. The Morgan fingerprint density at radius 2 is 1.96 bits per heavy atom. The maximum absolute atomic E-state index is 5.75. The zero-order valence-corrected chi connectivity index (χ0v) is 13.2. The molecule has 0 atom stereocenters. The maximum Gasteiger partial charge on any atom is 0.225 e. The molecular formula is C18H20N2O3. The highest BCUT2D eigenvalue weighted by molar-refractivity contribution is 5.54. The van der Waals surface area contributed by atoms with Gasteiger partial charge in [-0.1, -0.05) is 5.16 Å². The molecule has 0 amide bonds. The molecule has 2 aromatic heterocycles. The van der Waals surface area contributed by atoms with E-state index in [1.165, 1.54) is 0 Å². The van der Waals surface area contributed by atoms with Crippen LogP contribution >= 0.6 is 0 Å². The van der Waals surface area contributed by atoms with Crippen molar-refractivity contribution in [1.29, 1.82) is 0 Å². The van der Waals surface area contributed by atoms with E-state index in [1.54, 1.807) is 12.5 Å². The molecule has 120 valence electrons. The quantitative estimate of drug-likeness (QED) is 0.576. The third-order valence-electron chi connectivity index (χ3n) is 3.55. The zero-order valence-electron chi connectivity index (χ0n) is 13.2. The fourth-order valence-electron chi connectivity index (χ4n) is 2.36. The third kappa shape index (κ3) is 4.45. The lowest BCUT2D eigenvalue weighted by Gasteiger charge is -2.06. The minimum absolute atomic E-state index is 0.624. The number of hydrogen-bond donors (Lipinski definition) is 0. The van der Waals surface area contributed by atoms with Crippen LogP contribution in [0.4, 0.5) is 0 Å². The number of aromatic nitrogens is 2. The zero-order chi connectivity index (χ0) is 15.9. The molecule has 1 aromatic carbocycles. The van der Waals surface area contributed by atoms with Crippen LogP contribution in [0.2, 0.25) is 0 Å². The molecule has 0 unspecified atom stereocenters. The van der Waals surface area contributed by atoms with Crippen molar-refractivity contribution >= 4 is 0 Å². The van der Waals surface area contributed by atoms with Crippen molar-refractivity contribution in [2.45, 2.75) is 32.6 Å². The Kier molecular flexibility index (Phi) is 5.09. The van der Waals surface area contributed by atoms with E-state index in [0.29, 0.717) is 12.5 Å². The number of hydrogen-bond acceptors (Lipinski definition) is 5. The van der Waals surface area contributed by atoms with Crippen LogP contribution in [0.1, 0.15) is 30.7 Å². The molecule has 23 heavy (non-hydrogen) atoms. The lowest BCUT2D eigenvalue weighted by Crippen LogP contribution is -1.97. The topological polar surface area (TPSA) is 61.3 Å². The molecule has 0 aliphatic carbocycles. The number of unbranched alkanes of at least 4 members (excludes halogenated alkanes) is 2. The van der Waals surface area contributed by atoms with E-state index in [1.807, 2.05) is 37.3 Å². The summed E-state index contributed by atoms with van der Waals surface area (Å²) in [4.78, 5) is 4.12. The van der Waals surface area contributed by atoms with Gasteiger partial charge in [-0.2, -0.15) is 0 Å². The molecule has 0 saturated heterocycles. The standard InChI is InChI=1S/C18H20N2O3/c1-14-13-17(23-20-14)5-3-2-4-11-21-16-8-6-15(7-9-16)18-19-10-12-22-18/h6-10,12-13H,2-5,11H2,1H3. The van der Waals surface area contributed by atoms with Gasteiger partial charge in [-0.15, -0.1) is 0 Å². The fourth-order valence-corrected chi connectivity index (χ4v) is 2.36. The number of rotatable bonds is 8. The van der Waals surface area contributed by atoms with E-state index in [-0.39, 0.29) is 0 Å². The largest absolute Gasteiger partial charge is 0.494 e. The third-order valence-corrected chi connectivity index (χ3v) is 3.55. The summed E-state index contributed by atoms with van der Waals surface area (Å²) in [5.74, 6) is 2.45. The van der Waals surface area contributed by atoms with E-state index in [9.17, 15) is 0 Å². The van der Waals surface area contributed by atoms with Crippen molar-refractivity contribution in [3.05, 3.63) is 54.2 Å². The first-order valence-electron chi connectivity index (χ1n) is 7.86. The molecule has 0 N–H and O–H groups in total. The average molecular weight is 312 g/mol. The van der Waals surface area contributed by atoms with E-state index in [2.05, 4.69) is 10.1 Å². The Labute approximate surface area is 135 Å². The van der Waals surface area contributed by atoms with Gasteiger partial charge in [-0.05, 0) is 50.5 Å². The number of oxazole rings is 1. The van der Waals surface area contributed by atoms with Crippen molar-refractivity contribution in [2.24, 2.45) is 0 Å². The SMILES string of the molecule is Cc1cc(CCCCCOc2ccc(-c3ncco3)cc2)on1. The number of aryl methyl sites for hydroxylation is 2. The second-order valence-corrected chi connectivity index (χ2v) is 5.46. The van der Waals surface area contributed by atoms with E-state index < -0.39 is 0 Å². The van der Waals surface area contributed by atoms with Crippen LogP contribution in [0.3, 0.4) is 0 Å². The predicted octanol–water partition coefficient (Wildman–Crippen LogP) is 4.43. The monoisotopic (exact) mass is 312 g/mol. The lowest BCUT2D eigenvalue weighted by atomic mass is 10.1. The Morgan fingerprint density at radius 3 is 2.65 bits per heavy atom. The van der Waals surface area contributed by atoms with Crippen LogP contribution in [-0.4, -0.2) is 16.7 Å². The summed E-state index contributed by atoms with van der Waals surface area (Å²) < 4.78 is 16.2. The Balaban J connectivity index is 1.34. The molecule has 0 spiro atoms. The second kappa shape index (κ2) is 7.63. The molecule has 5 nitrogen and oxygen atoms in total. The van der Waals surface area contributed by atoms with E-state index in [0.717, 1.165) is 48.5 Å². The first-order chi connectivity index (χ1) is 11.3. The minimum atomic E-state index is 0.624. The lowest BCUT2D eigenvalue weighted by molar-refractivity contribution is 0.303. The molecule has 0 fully saturated rings. The first kappa shape index (κ1) is 15.3. The predicted molar refractivity (Wildman–Crippen MR) is 86.2 cm³/mol. The van der Waals surface area contributed by atoms with E-state index in [4.69, 9.17) is 13.7 Å². The first-order valence-corrected chi connectivity index (χ1v) is 7.86. The molecule has 5 heteroatoms. The molecule has 2 heterocycles. The summed E-state index contributed by atoms with van der Waals surface area (Å²) in [5, 5.41) is 3.89. The average Bonchev–Trinajstić information content (AvgIpc) is 3.23. The summed E-state index contributed by atoms with van der Waals surface area (Å²) in [5.41, 5.74) is 1.89. The van der Waals surface area contributed by atoms with Crippen LogP contribution in [0.15, 0.2) is 51.7 Å². The fraction of sp³-hybridized carbons (Fsp3) is 0.333. The maximum atomic E-state index is 5.75. The van der Waals surface area contributed by atoms with Crippen molar-refractivity contribution in [2.75, 3.05) is 6.61 Å². The molecule has 3 rings (SSSR count). The van der Waals surface area contributed by atoms with Gasteiger partial charge < -0.3 is 13.7 Å². The van der Waals surface area contributed by atoms with Gasteiger partial charge in [0.05, 0.1) is 18.5 Å². The summed E-state index contributed by atoms with van der Waals surface area (Å²) >= 11 is 0. The van der Waals surface area contributed by atoms with Crippen LogP contribution in [-0.2, 0) is 6.42 Å². The van der Waals surface area contributed by atoms with Crippen LogP contribution < -0.4 is 4.74 Å². The van der Waals surface area contributed by atoms with Gasteiger partial charge >= 0.3 is 0 Å². The minimum Gasteiger partial charge on any atom is -0.494 e. The van der Waals surface area contributed by atoms with Crippen molar-refractivity contribution < 1.29 is 13.7 Å². The van der Waals surface area contributed by atoms with Crippen LogP contribution in [0.5, 0.6) is 5.75 Å². The summed E-state index contributed by atoms with van der Waals surface area (Å²) in [7, 11) is 0. The number of benzene rings is 1. The Morgan fingerprint density at radius 1 is 1.09 bits per heavy atom. The van der Waals surface area contributed by atoms with Gasteiger partial charge in [0, 0.05) is 18.1 Å². The van der Waals surface area contributed by atoms with Gasteiger partial charge in [0.25, 0.3) is 0 Å². The van der Waals surface area contributed by atoms with Crippen molar-refractivity contribution in [3.8, 4) is 17.2 Å². The highest BCUT2D eigenvalue weighted by atomic mass is 16.5. The van der Waals surface area contributed by atoms with Gasteiger partial charge in [-0.3, -0.25) is 0 Å². The number of ether oxygens (including phenoxy) is 1. The molecule has 0 bridgehead atoms. The summed E-state index contributed by atoms with van der Waals surface area (Å²) in [6.07, 6.45) is 7.36. The molecule has 0 radical (unpaired) electrons. The molecule has 0 saturated carbocycles. The van der Waals surface area contributed by atoms with E-state index >= 15 is 0 Å². The molecular weight excluding hydrogens is 292 g/mol. The van der Waals surface area contributed by atoms with Crippen molar-refractivity contribution in [3.63, 3.8) is 0 Å². The van der Waals surface area contributed by atoms with Gasteiger partial charge in [-0.25, -0.2) is 4.98 Å². The van der Waals surface area contributed by atoms with Gasteiger partial charge in [0.1, 0.15) is 17.8 Å². The van der Waals surface area contributed by atoms with Crippen LogP contribution in [0, 0.1) is 6.92 Å². The summed E-state index contributed by atoms with van der Waals surface area (Å²) in [6, 6.07) is 9.78. The van der Waals surface area contributed by atoms with Gasteiger partial charge in [0.2, 0.25) is 5.89 Å². The summed E-state index contributed by atoms with van der Waals surface area (Å²) in [6.45, 7) is 2.65. The Hall–Kier alpha value is -2.56. The van der Waals surface area contributed by atoms with Crippen LogP contribution in [0.25, 0.3) is 11.5 Å². The molecule has 0 aliphatic heterocycles. The van der Waals surface area contributed by atoms with Crippen molar-refractivity contribution in [1.82, 2.24) is 10.1 Å². The normalized spacial score (nSPS) is 10.8. The Bertz CT molecular complexity index is 702. The number of nitrogens with zero attached hydrogens (tertiary/aromatic N) is 2. The smallest absolute Gasteiger partial charge is 0.225 e. The highest BCUT2D eigenvalue weighted by Gasteiger charge is 2.03. The van der Waals surface area contributed by atoms with Gasteiger partial charge in [0.15, 0.2) is 0 Å². The molecule has 0 aliphatic rings.